The van der Waals surface area contributed by atoms with Crippen LogP contribution in [0.15, 0.2) is 54.6 Å². The molecular weight excluding hydrogens is 382 g/mol. The first-order valence-electron chi connectivity index (χ1n) is 8.49. The van der Waals surface area contributed by atoms with E-state index < -0.39 is 16.8 Å². The monoisotopic (exact) mass is 401 g/mol. The SMILES string of the molecule is O=C(CCC(=O)OCCc1ccccc1)NC(=S)Nc1ccccc1[N+](=O)[O-]. The van der Waals surface area contributed by atoms with Gasteiger partial charge in [-0.1, -0.05) is 42.5 Å². The number of amides is 1. The Hall–Kier alpha value is -3.33. The van der Waals surface area contributed by atoms with Gasteiger partial charge < -0.3 is 15.4 Å². The highest BCUT2D eigenvalue weighted by Crippen LogP contribution is 2.22. The van der Waals surface area contributed by atoms with E-state index in [0.717, 1.165) is 5.56 Å². The molecule has 2 rings (SSSR count). The Bertz CT molecular complexity index is 858. The topological polar surface area (TPSA) is 111 Å². The van der Waals surface area contributed by atoms with Gasteiger partial charge in [0.25, 0.3) is 5.69 Å². The van der Waals surface area contributed by atoms with Crippen molar-refractivity contribution in [2.75, 3.05) is 11.9 Å². The van der Waals surface area contributed by atoms with E-state index in [1.165, 1.54) is 18.2 Å². The van der Waals surface area contributed by atoms with Gasteiger partial charge in [-0.15, -0.1) is 0 Å². The van der Waals surface area contributed by atoms with Gasteiger partial charge in [0, 0.05) is 18.9 Å². The molecule has 2 N–H and O–H groups in total. The number of ether oxygens (including phenoxy) is 1. The van der Waals surface area contributed by atoms with Gasteiger partial charge in [-0.3, -0.25) is 19.7 Å². The number of anilines is 1. The van der Waals surface area contributed by atoms with Crippen molar-refractivity contribution in [3.8, 4) is 0 Å². The standard InChI is InChI=1S/C19H19N3O5S/c23-17(10-11-18(24)27-13-12-14-6-2-1-3-7-14)21-19(28)20-15-8-4-5-9-16(15)22(25)26/h1-9H,10-13H2,(H2,20,21,23,28). The lowest BCUT2D eigenvalue weighted by Gasteiger charge is -2.10. The number of thiocarbonyl (C=S) groups is 1. The number of benzene rings is 2. The Morgan fingerprint density at radius 3 is 2.43 bits per heavy atom. The molecule has 0 saturated heterocycles. The molecule has 0 fully saturated rings. The second-order valence-corrected chi connectivity index (χ2v) is 6.14. The molecule has 9 heteroatoms. The van der Waals surface area contributed by atoms with E-state index in [9.17, 15) is 19.7 Å². The second kappa shape index (κ2) is 10.7. The van der Waals surface area contributed by atoms with Gasteiger partial charge in [0.1, 0.15) is 5.69 Å². The summed E-state index contributed by atoms with van der Waals surface area (Å²) in [6, 6.07) is 15.5. The molecule has 0 heterocycles. The minimum Gasteiger partial charge on any atom is -0.465 e. The summed E-state index contributed by atoms with van der Waals surface area (Å²) >= 11 is 4.98. The van der Waals surface area contributed by atoms with Crippen LogP contribution in [0.3, 0.4) is 0 Å². The summed E-state index contributed by atoms with van der Waals surface area (Å²) in [7, 11) is 0. The predicted octanol–water partition coefficient (Wildman–Crippen LogP) is 2.97. The molecule has 8 nitrogen and oxygen atoms in total. The minimum absolute atomic E-state index is 0.0863. The molecule has 2 aromatic carbocycles. The molecule has 0 saturated carbocycles. The molecule has 0 atom stereocenters. The van der Waals surface area contributed by atoms with Crippen molar-refractivity contribution in [1.29, 1.82) is 0 Å². The number of carbonyl (C=O) groups excluding carboxylic acids is 2. The summed E-state index contributed by atoms with van der Waals surface area (Å²) < 4.78 is 5.10. The first kappa shape index (κ1) is 21.0. The number of carbonyl (C=O) groups is 2. The van der Waals surface area contributed by atoms with Gasteiger partial charge in [0.2, 0.25) is 5.91 Å². The lowest BCUT2D eigenvalue weighted by molar-refractivity contribution is -0.383. The van der Waals surface area contributed by atoms with E-state index in [0.29, 0.717) is 6.42 Å². The van der Waals surface area contributed by atoms with Crippen molar-refractivity contribution < 1.29 is 19.2 Å². The maximum Gasteiger partial charge on any atom is 0.306 e. The number of nitrogens with one attached hydrogen (secondary N) is 2. The third-order valence-electron chi connectivity index (χ3n) is 3.65. The summed E-state index contributed by atoms with van der Waals surface area (Å²) in [5.74, 6) is -0.972. The van der Waals surface area contributed by atoms with Crippen LogP contribution in [0.25, 0.3) is 0 Å². The quantitative estimate of drug-likeness (QED) is 0.303. The van der Waals surface area contributed by atoms with Crippen molar-refractivity contribution in [3.05, 3.63) is 70.3 Å². The van der Waals surface area contributed by atoms with Crippen LogP contribution in [0.4, 0.5) is 11.4 Å². The Kier molecular flexibility index (Phi) is 8.04. The van der Waals surface area contributed by atoms with E-state index in [2.05, 4.69) is 10.6 Å². The highest BCUT2D eigenvalue weighted by atomic mass is 32.1. The third kappa shape index (κ3) is 7.12. The molecule has 28 heavy (non-hydrogen) atoms. The van der Waals surface area contributed by atoms with Crippen LogP contribution in [0.5, 0.6) is 0 Å². The second-order valence-electron chi connectivity index (χ2n) is 5.73. The predicted molar refractivity (Wildman–Crippen MR) is 108 cm³/mol. The van der Waals surface area contributed by atoms with Crippen LogP contribution in [-0.2, 0) is 20.7 Å². The maximum atomic E-state index is 11.9. The van der Waals surface area contributed by atoms with Crippen LogP contribution in [0.1, 0.15) is 18.4 Å². The van der Waals surface area contributed by atoms with E-state index in [4.69, 9.17) is 17.0 Å². The smallest absolute Gasteiger partial charge is 0.306 e. The molecule has 0 aliphatic rings. The molecule has 1 amide bonds. The van der Waals surface area contributed by atoms with Crippen molar-refractivity contribution in [1.82, 2.24) is 5.32 Å². The highest BCUT2D eigenvalue weighted by molar-refractivity contribution is 7.80. The van der Waals surface area contributed by atoms with Crippen LogP contribution in [0, 0.1) is 10.1 Å². The number of nitrogens with zero attached hydrogens (tertiary/aromatic N) is 1. The zero-order valence-corrected chi connectivity index (χ0v) is 15.7. The molecule has 2 aromatic rings. The van der Waals surface area contributed by atoms with Gasteiger partial charge in [-0.2, -0.15) is 0 Å². The van der Waals surface area contributed by atoms with Crippen molar-refractivity contribution >= 4 is 40.6 Å². The summed E-state index contributed by atoms with van der Waals surface area (Å²) in [5, 5.41) is 15.9. The normalized spacial score (nSPS) is 10.0. The number of rotatable bonds is 8. The lowest BCUT2D eigenvalue weighted by atomic mass is 10.2. The Morgan fingerprint density at radius 1 is 1.04 bits per heavy atom. The number of hydrogen-bond acceptors (Lipinski definition) is 6. The number of esters is 1. The Morgan fingerprint density at radius 2 is 1.71 bits per heavy atom. The molecule has 0 unspecified atom stereocenters. The van der Waals surface area contributed by atoms with Gasteiger partial charge in [0.05, 0.1) is 18.0 Å². The van der Waals surface area contributed by atoms with E-state index in [-0.39, 0.29) is 35.9 Å². The fourth-order valence-electron chi connectivity index (χ4n) is 2.30. The van der Waals surface area contributed by atoms with Gasteiger partial charge >= 0.3 is 5.97 Å². The van der Waals surface area contributed by atoms with Crippen LogP contribution in [-0.4, -0.2) is 28.5 Å². The number of hydrogen-bond donors (Lipinski definition) is 2. The average molecular weight is 401 g/mol. The summed E-state index contributed by atoms with van der Waals surface area (Å²) in [6.45, 7) is 0.238. The molecule has 0 bridgehead atoms. The fourth-order valence-corrected chi connectivity index (χ4v) is 2.52. The zero-order chi connectivity index (χ0) is 20.4. The maximum absolute atomic E-state index is 11.9. The molecule has 146 valence electrons. The van der Waals surface area contributed by atoms with E-state index in [1.54, 1.807) is 6.07 Å². The van der Waals surface area contributed by atoms with Crippen molar-refractivity contribution in [2.24, 2.45) is 0 Å². The molecule has 0 aromatic heterocycles. The van der Waals surface area contributed by atoms with Crippen molar-refractivity contribution in [3.63, 3.8) is 0 Å². The average Bonchev–Trinajstić information content (AvgIpc) is 2.67. The third-order valence-corrected chi connectivity index (χ3v) is 3.86. The molecule has 0 radical (unpaired) electrons. The van der Waals surface area contributed by atoms with Gasteiger partial charge in [0.15, 0.2) is 5.11 Å². The number of para-hydroxylation sites is 2. The summed E-state index contributed by atoms with van der Waals surface area (Å²) in [6.07, 6.45) is 0.403. The molecule has 0 spiro atoms. The van der Waals surface area contributed by atoms with E-state index >= 15 is 0 Å². The van der Waals surface area contributed by atoms with E-state index in [1.807, 2.05) is 30.3 Å². The van der Waals surface area contributed by atoms with Crippen LogP contribution >= 0.6 is 12.2 Å². The first-order chi connectivity index (χ1) is 13.5. The van der Waals surface area contributed by atoms with Crippen LogP contribution < -0.4 is 10.6 Å². The minimum atomic E-state index is -0.557. The Labute approximate surface area is 167 Å². The summed E-state index contributed by atoms with van der Waals surface area (Å²) in [5.41, 5.74) is 1.05. The summed E-state index contributed by atoms with van der Waals surface area (Å²) in [4.78, 5) is 34.0. The molecule has 0 aliphatic carbocycles. The Balaban J connectivity index is 1.69. The lowest BCUT2D eigenvalue weighted by Crippen LogP contribution is -2.34. The van der Waals surface area contributed by atoms with Crippen LogP contribution in [0.2, 0.25) is 0 Å². The van der Waals surface area contributed by atoms with Gasteiger partial charge in [-0.05, 0) is 23.8 Å². The zero-order valence-electron chi connectivity index (χ0n) is 14.9. The molecular formula is C19H19N3O5S. The number of nitro groups is 1. The van der Waals surface area contributed by atoms with Gasteiger partial charge in [-0.25, -0.2) is 0 Å². The largest absolute Gasteiger partial charge is 0.465 e. The molecule has 0 aliphatic heterocycles. The van der Waals surface area contributed by atoms with Crippen molar-refractivity contribution in [2.45, 2.75) is 19.3 Å². The highest BCUT2D eigenvalue weighted by Gasteiger charge is 2.15. The first-order valence-corrected chi connectivity index (χ1v) is 8.90. The fraction of sp³-hybridized carbons (Fsp3) is 0.211. The number of nitro benzene ring substituents is 1.